The van der Waals surface area contributed by atoms with Crippen LogP contribution in [0.5, 0.6) is 0 Å². The Balaban J connectivity index is 2.33. The highest BCUT2D eigenvalue weighted by atomic mass is 32.1. The van der Waals surface area contributed by atoms with Crippen molar-refractivity contribution in [1.82, 2.24) is 25.1 Å². The maximum Gasteiger partial charge on any atom is 0.253 e. The number of hydrogen-bond donors (Lipinski definition) is 1. The van der Waals surface area contributed by atoms with Crippen molar-refractivity contribution in [3.63, 3.8) is 0 Å². The molecule has 7 nitrogen and oxygen atoms in total. The molecule has 1 aliphatic heterocycles. The Bertz CT molecular complexity index is 464. The first kappa shape index (κ1) is 9.97. The molecule has 1 aliphatic rings. The van der Waals surface area contributed by atoms with Crippen LogP contribution in [0.2, 0.25) is 0 Å². The van der Waals surface area contributed by atoms with Crippen LogP contribution in [0.4, 0.5) is 0 Å². The van der Waals surface area contributed by atoms with E-state index < -0.39 is 6.04 Å². The summed E-state index contributed by atoms with van der Waals surface area (Å²) in [5.41, 5.74) is 0. The number of hydrogen-bond acceptors (Lipinski definition) is 5. The van der Waals surface area contributed by atoms with E-state index in [-0.39, 0.29) is 16.6 Å². The van der Waals surface area contributed by atoms with Gasteiger partial charge in [-0.3, -0.25) is 14.5 Å². The van der Waals surface area contributed by atoms with Crippen LogP contribution in [0.15, 0.2) is 0 Å². The number of amides is 2. The Morgan fingerprint density at radius 2 is 2.27 bits per heavy atom. The average molecular weight is 227 g/mol. The second kappa shape index (κ2) is 3.54. The minimum absolute atomic E-state index is 0.171. The molecule has 0 spiro atoms. The largest absolute Gasteiger partial charge is 0.284 e. The van der Waals surface area contributed by atoms with Crippen LogP contribution in [0, 0.1) is 4.77 Å². The van der Waals surface area contributed by atoms with Crippen molar-refractivity contribution in [3.8, 4) is 0 Å². The van der Waals surface area contributed by atoms with Gasteiger partial charge in [-0.2, -0.15) is 5.21 Å². The van der Waals surface area contributed by atoms with Gasteiger partial charge < -0.3 is 0 Å². The number of H-pyrrole nitrogens is 1. The van der Waals surface area contributed by atoms with Crippen LogP contribution in [-0.2, 0) is 9.59 Å². The standard InChI is InChI=1S/C7H9N5O2S/c1-11-5(13)3-2-4(6(11)14)12-7(15)8-9-10-12/h4H,2-3H2,1H3,(H,8,10,15). The predicted octanol–water partition coefficient (Wildman–Crippen LogP) is -0.344. The molecule has 80 valence electrons. The lowest BCUT2D eigenvalue weighted by Gasteiger charge is -2.27. The van der Waals surface area contributed by atoms with Gasteiger partial charge in [-0.05, 0) is 18.6 Å². The fraction of sp³-hybridized carbons (Fsp3) is 0.571. The highest BCUT2D eigenvalue weighted by molar-refractivity contribution is 7.71. The molecule has 8 heteroatoms. The lowest BCUT2D eigenvalue weighted by molar-refractivity contribution is -0.149. The van der Waals surface area contributed by atoms with Gasteiger partial charge in [-0.25, -0.2) is 4.68 Å². The van der Waals surface area contributed by atoms with Gasteiger partial charge in [0, 0.05) is 13.5 Å². The maximum absolute atomic E-state index is 11.7. The Hall–Kier alpha value is -1.57. The first-order valence-corrected chi connectivity index (χ1v) is 4.82. The Morgan fingerprint density at radius 1 is 1.53 bits per heavy atom. The molecular formula is C7H9N5O2S. The zero-order valence-electron chi connectivity index (χ0n) is 8.01. The van der Waals surface area contributed by atoms with Crippen molar-refractivity contribution in [2.75, 3.05) is 7.05 Å². The molecule has 1 unspecified atom stereocenters. The summed E-state index contributed by atoms with van der Waals surface area (Å²) in [7, 11) is 1.46. The van der Waals surface area contributed by atoms with Crippen molar-refractivity contribution in [2.24, 2.45) is 0 Å². The summed E-state index contributed by atoms with van der Waals surface area (Å²) in [5.74, 6) is -0.455. The quantitative estimate of drug-likeness (QED) is 0.524. The third kappa shape index (κ3) is 1.56. The SMILES string of the molecule is CN1C(=O)CCC(n2[nH]nnc2=S)C1=O. The number of aromatic nitrogens is 4. The van der Waals surface area contributed by atoms with Crippen LogP contribution in [-0.4, -0.2) is 44.0 Å². The van der Waals surface area contributed by atoms with Gasteiger partial charge >= 0.3 is 0 Å². The van der Waals surface area contributed by atoms with E-state index in [4.69, 9.17) is 12.2 Å². The molecule has 1 fully saturated rings. The summed E-state index contributed by atoms with van der Waals surface area (Å²) in [4.78, 5) is 24.1. The number of tetrazole rings is 1. The molecule has 1 aromatic heterocycles. The number of imide groups is 1. The van der Waals surface area contributed by atoms with E-state index in [1.807, 2.05) is 0 Å². The fourth-order valence-corrected chi connectivity index (χ4v) is 1.75. The molecule has 0 aromatic carbocycles. The number of nitrogens with one attached hydrogen (secondary N) is 1. The maximum atomic E-state index is 11.7. The van der Waals surface area contributed by atoms with E-state index in [2.05, 4.69) is 15.5 Å². The number of likely N-dealkylation sites (N-methyl/N-ethyl adjacent to an activating group) is 1. The number of carbonyl (C=O) groups excluding carboxylic acids is 2. The zero-order valence-corrected chi connectivity index (χ0v) is 8.82. The lowest BCUT2D eigenvalue weighted by atomic mass is 10.1. The summed E-state index contributed by atoms with van der Waals surface area (Å²) < 4.78 is 1.62. The molecule has 1 saturated heterocycles. The highest BCUT2D eigenvalue weighted by Crippen LogP contribution is 2.21. The molecule has 1 atom stereocenters. The molecule has 2 amide bonds. The monoisotopic (exact) mass is 227 g/mol. The third-order valence-electron chi connectivity index (χ3n) is 2.43. The van der Waals surface area contributed by atoms with E-state index in [1.165, 1.54) is 11.7 Å². The van der Waals surface area contributed by atoms with Gasteiger partial charge in [0.1, 0.15) is 6.04 Å². The first-order chi connectivity index (χ1) is 7.11. The molecule has 15 heavy (non-hydrogen) atoms. The van der Waals surface area contributed by atoms with Crippen LogP contribution >= 0.6 is 12.2 Å². The van der Waals surface area contributed by atoms with Gasteiger partial charge in [0.05, 0.1) is 0 Å². The van der Waals surface area contributed by atoms with Crippen molar-refractivity contribution in [1.29, 1.82) is 0 Å². The van der Waals surface area contributed by atoms with E-state index in [0.29, 0.717) is 12.8 Å². The van der Waals surface area contributed by atoms with Crippen LogP contribution in [0.25, 0.3) is 0 Å². The number of nitrogens with zero attached hydrogens (tertiary/aromatic N) is 4. The highest BCUT2D eigenvalue weighted by Gasteiger charge is 2.33. The normalized spacial score (nSPS) is 22.2. The predicted molar refractivity (Wildman–Crippen MR) is 51.3 cm³/mol. The molecule has 0 aliphatic carbocycles. The molecule has 2 heterocycles. The topological polar surface area (TPSA) is 83.9 Å². The smallest absolute Gasteiger partial charge is 0.253 e. The van der Waals surface area contributed by atoms with E-state index in [0.717, 1.165) is 4.90 Å². The van der Waals surface area contributed by atoms with E-state index in [1.54, 1.807) is 0 Å². The van der Waals surface area contributed by atoms with Gasteiger partial charge in [-0.1, -0.05) is 10.3 Å². The Kier molecular flexibility index (Phi) is 2.35. The van der Waals surface area contributed by atoms with Crippen molar-refractivity contribution in [3.05, 3.63) is 4.77 Å². The second-order valence-corrected chi connectivity index (χ2v) is 3.66. The summed E-state index contributed by atoms with van der Waals surface area (Å²) in [6, 6.07) is -0.491. The van der Waals surface area contributed by atoms with Crippen molar-refractivity contribution < 1.29 is 9.59 Å². The number of carbonyl (C=O) groups is 2. The first-order valence-electron chi connectivity index (χ1n) is 4.41. The molecule has 1 N–H and O–H groups in total. The fourth-order valence-electron chi connectivity index (χ4n) is 1.54. The summed E-state index contributed by atoms with van der Waals surface area (Å²) in [6.07, 6.45) is 0.758. The van der Waals surface area contributed by atoms with Crippen LogP contribution in [0.1, 0.15) is 18.9 Å². The van der Waals surface area contributed by atoms with Crippen molar-refractivity contribution in [2.45, 2.75) is 18.9 Å². The third-order valence-corrected chi connectivity index (χ3v) is 2.71. The van der Waals surface area contributed by atoms with Crippen LogP contribution < -0.4 is 0 Å². The average Bonchev–Trinajstić information content (AvgIpc) is 2.62. The van der Waals surface area contributed by atoms with Gasteiger partial charge in [-0.15, -0.1) is 0 Å². The number of likely N-dealkylation sites (tertiary alicyclic amines) is 1. The number of piperidine rings is 1. The van der Waals surface area contributed by atoms with Gasteiger partial charge in [0.2, 0.25) is 10.7 Å². The number of rotatable bonds is 1. The summed E-state index contributed by atoms with van der Waals surface area (Å²) in [5, 5.41) is 9.62. The van der Waals surface area contributed by atoms with Gasteiger partial charge in [0.15, 0.2) is 0 Å². The zero-order chi connectivity index (χ0) is 11.0. The summed E-state index contributed by atoms with van der Waals surface area (Å²) in [6.45, 7) is 0. The summed E-state index contributed by atoms with van der Waals surface area (Å²) >= 11 is 4.89. The molecule has 1 aromatic rings. The van der Waals surface area contributed by atoms with Crippen molar-refractivity contribution >= 4 is 24.0 Å². The number of aromatic amines is 1. The second-order valence-electron chi connectivity index (χ2n) is 3.30. The van der Waals surface area contributed by atoms with E-state index >= 15 is 0 Å². The molecule has 0 bridgehead atoms. The molecular weight excluding hydrogens is 218 g/mol. The van der Waals surface area contributed by atoms with Crippen LogP contribution in [0.3, 0.4) is 0 Å². The molecule has 2 rings (SSSR count). The lowest BCUT2D eigenvalue weighted by Crippen LogP contribution is -2.43. The Labute approximate surface area is 90.0 Å². The Morgan fingerprint density at radius 3 is 2.87 bits per heavy atom. The minimum Gasteiger partial charge on any atom is -0.284 e. The minimum atomic E-state index is -0.491. The molecule has 0 saturated carbocycles. The van der Waals surface area contributed by atoms with Gasteiger partial charge in [0.25, 0.3) is 5.91 Å². The molecule has 0 radical (unpaired) electrons. The van der Waals surface area contributed by atoms with E-state index in [9.17, 15) is 9.59 Å².